The predicted molar refractivity (Wildman–Crippen MR) is 242 cm³/mol. The van der Waals surface area contributed by atoms with E-state index in [2.05, 4.69) is 21.0 Å². The molecule has 1 fully saturated rings. The molecule has 4 unspecified atom stereocenters. The van der Waals surface area contributed by atoms with Crippen LogP contribution < -0.4 is 16.1 Å². The minimum Gasteiger partial charge on any atom is -0.453 e. The van der Waals surface area contributed by atoms with Crippen LogP contribution in [0, 0.1) is 10.8 Å². The van der Waals surface area contributed by atoms with Crippen molar-refractivity contribution in [3.63, 3.8) is 0 Å². The number of methoxy groups -OCH3 is 1. The van der Waals surface area contributed by atoms with Crippen LogP contribution in [-0.2, 0) is 40.9 Å². The van der Waals surface area contributed by atoms with Crippen molar-refractivity contribution in [1.82, 2.24) is 45.4 Å². The molecule has 1 saturated heterocycles. The molecule has 0 saturated carbocycles. The zero-order valence-electron chi connectivity index (χ0n) is 37.5. The summed E-state index contributed by atoms with van der Waals surface area (Å²) in [4.78, 5) is 67.9. The molecule has 3 aromatic carbocycles. The summed E-state index contributed by atoms with van der Waals surface area (Å²) < 4.78 is 6.82. The second kappa shape index (κ2) is 19.8. The Morgan fingerprint density at radius 1 is 0.825 bits per heavy atom. The summed E-state index contributed by atoms with van der Waals surface area (Å²) in [6.07, 6.45) is -0.00193. The number of ether oxygens (including phenoxy) is 1. The number of aromatic nitrogens is 3. The third-order valence-electron chi connectivity index (χ3n) is 11.3. The summed E-state index contributed by atoms with van der Waals surface area (Å²) in [5.74, 6) is -0.182. The van der Waals surface area contributed by atoms with Gasteiger partial charge in [0.25, 0.3) is 5.91 Å². The normalized spacial score (nSPS) is 15.2. The number of nitrogens with one attached hydrogen (secondary N) is 3. The Morgan fingerprint density at radius 3 is 2.14 bits per heavy atom. The first kappa shape index (κ1) is 46.2. The van der Waals surface area contributed by atoms with Crippen LogP contribution >= 0.6 is 0 Å². The second-order valence-corrected chi connectivity index (χ2v) is 18.3. The molecule has 1 aliphatic rings. The summed E-state index contributed by atoms with van der Waals surface area (Å²) in [5, 5.41) is 19.6. The Labute approximate surface area is 369 Å². The van der Waals surface area contributed by atoms with E-state index in [1.165, 1.54) is 7.11 Å². The Kier molecular flexibility index (Phi) is 14.5. The zero-order valence-corrected chi connectivity index (χ0v) is 37.5. The fourth-order valence-corrected chi connectivity index (χ4v) is 8.02. The summed E-state index contributed by atoms with van der Waals surface area (Å²) in [6, 6.07) is 27.7. The second-order valence-electron chi connectivity index (χ2n) is 18.3. The monoisotopic (exact) mass is 859 g/mol. The first-order valence-electron chi connectivity index (χ1n) is 21.3. The standard InChI is InChI=1S/C48H61N9O6/c1-47(2,3)41(52-45(61)63-8)43(59)53-56(29-33-21-23-34(24-22-33)35-18-14-15-25-49-35)30-39(58)37(28-32-16-10-9-11-17-32)51-44(60)42(48(4,5)6)57-27-26-55(46(57)62)31-40-50-36-19-12-13-20-38(36)54(40)7/h9-25,37,39,41-42,58H,26-31H2,1-8H3,(H,51,60)(H,52,61)(H,53,59). The van der Waals surface area contributed by atoms with Crippen LogP contribution in [-0.4, -0.2) is 109 Å². The number of imidazole rings is 1. The lowest BCUT2D eigenvalue weighted by Gasteiger charge is -2.38. The van der Waals surface area contributed by atoms with Crippen molar-refractivity contribution >= 4 is 35.0 Å². The van der Waals surface area contributed by atoms with Gasteiger partial charge in [-0.3, -0.25) is 20.0 Å². The lowest BCUT2D eigenvalue weighted by molar-refractivity contribution is -0.133. The average Bonchev–Trinajstić information content (AvgIpc) is 3.76. The van der Waals surface area contributed by atoms with Gasteiger partial charge in [0.1, 0.15) is 17.9 Å². The van der Waals surface area contributed by atoms with Crippen LogP contribution in [0.1, 0.15) is 58.5 Å². The molecule has 6 rings (SSSR count). The number of fused-ring (bicyclic) bond motifs is 1. The third kappa shape index (κ3) is 11.6. The summed E-state index contributed by atoms with van der Waals surface area (Å²) in [7, 11) is 3.16. The lowest BCUT2D eigenvalue weighted by atomic mass is 9.84. The number of benzene rings is 3. The molecule has 0 aliphatic carbocycles. The number of aliphatic hydroxyl groups excluding tert-OH is 1. The number of carbonyl (C=O) groups excluding carboxylic acids is 4. The Bertz CT molecular complexity index is 2340. The maximum absolute atomic E-state index is 14.7. The van der Waals surface area contributed by atoms with Gasteiger partial charge in [0.2, 0.25) is 5.91 Å². The van der Waals surface area contributed by atoms with Crippen LogP contribution in [0.15, 0.2) is 103 Å². The largest absolute Gasteiger partial charge is 0.453 e. The minimum atomic E-state index is -1.23. The highest BCUT2D eigenvalue weighted by Gasteiger charge is 2.45. The Morgan fingerprint density at radius 2 is 1.51 bits per heavy atom. The number of hydrogen-bond acceptors (Lipinski definition) is 9. The van der Waals surface area contributed by atoms with Crippen LogP contribution in [0.5, 0.6) is 0 Å². The molecule has 5 amide bonds. The van der Waals surface area contributed by atoms with Gasteiger partial charge in [-0.1, -0.05) is 114 Å². The minimum absolute atomic E-state index is 0.116. The summed E-state index contributed by atoms with van der Waals surface area (Å²) in [6.45, 7) is 12.3. The molecule has 3 heterocycles. The quantitative estimate of drug-likeness (QED) is 0.0911. The zero-order chi connectivity index (χ0) is 45.5. The van der Waals surface area contributed by atoms with Gasteiger partial charge in [-0.05, 0) is 52.6 Å². The SMILES string of the molecule is COC(=O)NC(C(=O)NN(Cc1ccc(-c2ccccn2)cc1)CC(O)C(Cc1ccccc1)NC(=O)C(N1CCN(Cc2nc3ccccc3n2C)C1=O)C(C)(C)C)C(C)(C)C. The molecule has 334 valence electrons. The van der Waals surface area contributed by atoms with E-state index in [0.29, 0.717) is 13.1 Å². The Hall–Kier alpha value is -6.32. The summed E-state index contributed by atoms with van der Waals surface area (Å²) >= 11 is 0. The van der Waals surface area contributed by atoms with Crippen molar-refractivity contribution in [2.45, 2.75) is 85.3 Å². The number of urea groups is 1. The molecule has 1 aliphatic heterocycles. The van der Waals surface area contributed by atoms with Crippen LogP contribution in [0.3, 0.4) is 0 Å². The maximum atomic E-state index is 14.7. The molecular formula is C48H61N9O6. The predicted octanol–water partition coefficient (Wildman–Crippen LogP) is 5.68. The van der Waals surface area contributed by atoms with E-state index in [1.807, 2.05) is 150 Å². The third-order valence-corrected chi connectivity index (χ3v) is 11.3. The highest BCUT2D eigenvalue weighted by atomic mass is 16.5. The number of hydrazine groups is 1. The average molecular weight is 860 g/mol. The number of carbonyl (C=O) groups is 4. The van der Waals surface area contributed by atoms with E-state index in [-0.39, 0.29) is 32.1 Å². The van der Waals surface area contributed by atoms with Gasteiger partial charge in [-0.25, -0.2) is 19.6 Å². The van der Waals surface area contributed by atoms with Gasteiger partial charge in [-0.2, -0.15) is 0 Å². The van der Waals surface area contributed by atoms with Gasteiger partial charge < -0.3 is 34.8 Å². The first-order valence-corrected chi connectivity index (χ1v) is 21.3. The molecule has 15 heteroatoms. The van der Waals surface area contributed by atoms with Crippen molar-refractivity contribution in [2.24, 2.45) is 17.9 Å². The van der Waals surface area contributed by atoms with Crippen LogP contribution in [0.2, 0.25) is 0 Å². The topological polar surface area (TPSA) is 174 Å². The fourth-order valence-electron chi connectivity index (χ4n) is 8.02. The van der Waals surface area contributed by atoms with E-state index < -0.39 is 53.0 Å². The van der Waals surface area contributed by atoms with Crippen LogP contribution in [0.25, 0.3) is 22.3 Å². The highest BCUT2D eigenvalue weighted by molar-refractivity contribution is 5.89. The molecule has 0 spiro atoms. The molecule has 5 aromatic rings. The molecular weight excluding hydrogens is 799 g/mol. The molecule has 63 heavy (non-hydrogen) atoms. The van der Waals surface area contributed by atoms with E-state index in [9.17, 15) is 24.3 Å². The van der Waals surface area contributed by atoms with Gasteiger partial charge in [-0.15, -0.1) is 0 Å². The number of pyridine rings is 1. The molecule has 0 bridgehead atoms. The molecule has 15 nitrogen and oxygen atoms in total. The van der Waals surface area contributed by atoms with E-state index in [1.54, 1.807) is 21.0 Å². The Balaban J connectivity index is 1.25. The fraction of sp³-hybridized carbons (Fsp3) is 0.417. The number of alkyl carbamates (subject to hydrolysis) is 1. The summed E-state index contributed by atoms with van der Waals surface area (Å²) in [5.41, 5.74) is 6.78. The lowest BCUT2D eigenvalue weighted by Crippen LogP contribution is -2.61. The number of aliphatic hydroxyl groups is 1. The van der Waals surface area contributed by atoms with Crippen molar-refractivity contribution in [3.05, 3.63) is 120 Å². The van der Waals surface area contributed by atoms with E-state index in [0.717, 1.165) is 39.2 Å². The van der Waals surface area contributed by atoms with Crippen molar-refractivity contribution in [3.8, 4) is 11.3 Å². The van der Waals surface area contributed by atoms with Gasteiger partial charge in [0.15, 0.2) is 0 Å². The maximum Gasteiger partial charge on any atom is 0.407 e. The number of aryl methyl sites for hydroxylation is 1. The molecule has 4 N–H and O–H groups in total. The van der Waals surface area contributed by atoms with Gasteiger partial charge in [0, 0.05) is 45.0 Å². The highest BCUT2D eigenvalue weighted by Crippen LogP contribution is 2.30. The number of amides is 5. The van der Waals surface area contributed by atoms with E-state index >= 15 is 0 Å². The van der Waals surface area contributed by atoms with Gasteiger partial charge >= 0.3 is 12.1 Å². The van der Waals surface area contributed by atoms with E-state index in [4.69, 9.17) is 9.72 Å². The number of nitrogens with zero attached hydrogens (tertiary/aromatic N) is 6. The van der Waals surface area contributed by atoms with Crippen molar-refractivity contribution < 1.29 is 29.0 Å². The van der Waals surface area contributed by atoms with Crippen molar-refractivity contribution in [2.75, 3.05) is 26.7 Å². The van der Waals surface area contributed by atoms with Gasteiger partial charge in [0.05, 0.1) is 42.5 Å². The number of para-hydroxylation sites is 2. The smallest absolute Gasteiger partial charge is 0.407 e. The first-order chi connectivity index (χ1) is 29.9. The van der Waals surface area contributed by atoms with Crippen molar-refractivity contribution in [1.29, 1.82) is 0 Å². The molecule has 0 radical (unpaired) electrons. The molecule has 4 atom stereocenters. The number of hydrogen-bond donors (Lipinski definition) is 4. The molecule has 2 aromatic heterocycles. The van der Waals surface area contributed by atoms with Crippen LogP contribution in [0.4, 0.5) is 9.59 Å². The number of rotatable bonds is 16.